The third-order valence-electron chi connectivity index (χ3n) is 1.36. The summed E-state index contributed by atoms with van der Waals surface area (Å²) in [5, 5.41) is 12.2. The molecule has 0 heterocycles. The number of aromatic hydroxyl groups is 1. The molecule has 1 aromatic rings. The molecule has 2 heteroatoms. The monoisotopic (exact) mass is 167 g/mol. The molecule has 0 unspecified atom stereocenters. The fraction of sp³-hybridized carbons (Fsp3) is 0.400. The van der Waals surface area contributed by atoms with Crippen molar-refractivity contribution >= 4 is 0 Å². The molecule has 0 aliphatic heterocycles. The van der Waals surface area contributed by atoms with E-state index in [9.17, 15) is 5.11 Å². The van der Waals surface area contributed by atoms with Crippen molar-refractivity contribution in [2.24, 2.45) is 0 Å². The maximum atomic E-state index is 9.20. The van der Waals surface area contributed by atoms with Gasteiger partial charge in [0, 0.05) is 12.1 Å². The van der Waals surface area contributed by atoms with E-state index >= 15 is 0 Å². The van der Waals surface area contributed by atoms with Gasteiger partial charge in [0.25, 0.3) is 0 Å². The van der Waals surface area contributed by atoms with Crippen LogP contribution in [0.25, 0.3) is 0 Å². The number of rotatable bonds is 2. The molecular formula is C10H17NO. The van der Waals surface area contributed by atoms with Crippen LogP contribution in [0.1, 0.15) is 19.4 Å². The molecule has 12 heavy (non-hydrogen) atoms. The highest BCUT2D eigenvalue weighted by Crippen LogP contribution is 2.14. The Labute approximate surface area is 74.2 Å². The second-order valence-electron chi connectivity index (χ2n) is 2.16. The van der Waals surface area contributed by atoms with Crippen molar-refractivity contribution in [2.75, 3.05) is 7.05 Å². The molecule has 0 atom stereocenters. The molecule has 0 aromatic heterocycles. The van der Waals surface area contributed by atoms with Crippen molar-refractivity contribution in [2.45, 2.75) is 20.4 Å². The van der Waals surface area contributed by atoms with Gasteiger partial charge >= 0.3 is 0 Å². The van der Waals surface area contributed by atoms with Crippen LogP contribution in [0.3, 0.4) is 0 Å². The van der Waals surface area contributed by atoms with Gasteiger partial charge in [-0.05, 0) is 13.1 Å². The van der Waals surface area contributed by atoms with E-state index in [4.69, 9.17) is 0 Å². The second-order valence-corrected chi connectivity index (χ2v) is 2.16. The van der Waals surface area contributed by atoms with Crippen molar-refractivity contribution in [1.82, 2.24) is 5.32 Å². The minimum absolute atomic E-state index is 0.358. The van der Waals surface area contributed by atoms with Crippen LogP contribution in [-0.4, -0.2) is 12.2 Å². The van der Waals surface area contributed by atoms with Crippen LogP contribution in [0.4, 0.5) is 0 Å². The van der Waals surface area contributed by atoms with Crippen molar-refractivity contribution in [3.8, 4) is 5.75 Å². The van der Waals surface area contributed by atoms with Crippen LogP contribution >= 0.6 is 0 Å². The molecule has 68 valence electrons. The Hall–Kier alpha value is -1.02. The fourth-order valence-electron chi connectivity index (χ4n) is 0.851. The first kappa shape index (κ1) is 11.0. The van der Waals surface area contributed by atoms with Crippen molar-refractivity contribution in [1.29, 1.82) is 0 Å². The zero-order valence-electron chi connectivity index (χ0n) is 7.96. The van der Waals surface area contributed by atoms with Crippen LogP contribution in [0.5, 0.6) is 5.75 Å². The van der Waals surface area contributed by atoms with Gasteiger partial charge in [-0.25, -0.2) is 0 Å². The van der Waals surface area contributed by atoms with Gasteiger partial charge in [-0.15, -0.1) is 0 Å². The van der Waals surface area contributed by atoms with Gasteiger partial charge in [0.05, 0.1) is 0 Å². The molecule has 1 rings (SSSR count). The van der Waals surface area contributed by atoms with Crippen molar-refractivity contribution in [3.63, 3.8) is 0 Å². The standard InChI is InChI=1S/C8H11NO.C2H6/c1-9-6-7-4-2-3-5-8(7)10;1-2/h2-5,9-10H,6H2,1H3;1-2H3. The van der Waals surface area contributed by atoms with E-state index in [2.05, 4.69) is 5.32 Å². The molecule has 2 nitrogen and oxygen atoms in total. The molecule has 0 amide bonds. The maximum Gasteiger partial charge on any atom is 0.120 e. The zero-order valence-corrected chi connectivity index (χ0v) is 7.96. The highest BCUT2D eigenvalue weighted by atomic mass is 16.3. The average molecular weight is 167 g/mol. The summed E-state index contributed by atoms with van der Waals surface area (Å²) in [5.41, 5.74) is 0.935. The average Bonchev–Trinajstić information content (AvgIpc) is 2.13. The van der Waals surface area contributed by atoms with Crippen molar-refractivity contribution in [3.05, 3.63) is 29.8 Å². The van der Waals surface area contributed by atoms with E-state index in [1.807, 2.05) is 39.1 Å². The maximum absolute atomic E-state index is 9.20. The quantitative estimate of drug-likeness (QED) is 0.707. The third kappa shape index (κ3) is 3.39. The van der Waals surface area contributed by atoms with Crippen LogP contribution < -0.4 is 5.32 Å². The molecule has 0 aliphatic carbocycles. The highest BCUT2D eigenvalue weighted by molar-refractivity contribution is 5.31. The molecule has 0 fully saturated rings. The van der Waals surface area contributed by atoms with Crippen LogP contribution in [0.2, 0.25) is 0 Å². The van der Waals surface area contributed by atoms with E-state index in [1.165, 1.54) is 0 Å². The fourth-order valence-corrected chi connectivity index (χ4v) is 0.851. The Morgan fingerprint density at radius 2 is 1.83 bits per heavy atom. The summed E-state index contributed by atoms with van der Waals surface area (Å²) in [4.78, 5) is 0. The third-order valence-corrected chi connectivity index (χ3v) is 1.36. The number of hydrogen-bond donors (Lipinski definition) is 2. The highest BCUT2D eigenvalue weighted by Gasteiger charge is 1.94. The van der Waals surface area contributed by atoms with E-state index in [0.29, 0.717) is 12.3 Å². The predicted octanol–water partition coefficient (Wildman–Crippen LogP) is 2.14. The second kappa shape index (κ2) is 6.68. The minimum atomic E-state index is 0.358. The first-order chi connectivity index (χ1) is 5.84. The molecule has 1 aromatic carbocycles. The van der Waals surface area contributed by atoms with E-state index in [1.54, 1.807) is 6.07 Å². The summed E-state index contributed by atoms with van der Waals surface area (Å²) in [6, 6.07) is 7.30. The van der Waals surface area contributed by atoms with E-state index in [-0.39, 0.29) is 0 Å². The van der Waals surface area contributed by atoms with E-state index < -0.39 is 0 Å². The van der Waals surface area contributed by atoms with Gasteiger partial charge in [0.1, 0.15) is 5.75 Å². The predicted molar refractivity (Wildman–Crippen MR) is 52.2 cm³/mol. The molecule has 2 N–H and O–H groups in total. The van der Waals surface area contributed by atoms with Gasteiger partial charge in [-0.2, -0.15) is 0 Å². The topological polar surface area (TPSA) is 32.3 Å². The van der Waals surface area contributed by atoms with Gasteiger partial charge in [0.15, 0.2) is 0 Å². The SMILES string of the molecule is CC.CNCc1ccccc1O. The summed E-state index contributed by atoms with van der Waals surface area (Å²) in [6.45, 7) is 4.71. The lowest BCUT2D eigenvalue weighted by atomic mass is 10.2. The van der Waals surface area contributed by atoms with E-state index in [0.717, 1.165) is 5.56 Å². The number of nitrogens with one attached hydrogen (secondary N) is 1. The number of phenols is 1. The smallest absolute Gasteiger partial charge is 0.120 e. The summed E-state index contributed by atoms with van der Waals surface area (Å²) in [7, 11) is 1.85. The molecule has 0 aliphatic rings. The molecular weight excluding hydrogens is 150 g/mol. The Balaban J connectivity index is 0.000000561. The lowest BCUT2D eigenvalue weighted by molar-refractivity contribution is 0.466. The summed E-state index contributed by atoms with van der Waals surface area (Å²) in [5.74, 6) is 0.358. The first-order valence-corrected chi connectivity index (χ1v) is 4.26. The Kier molecular flexibility index (Phi) is 6.11. The van der Waals surface area contributed by atoms with Gasteiger partial charge < -0.3 is 10.4 Å². The molecule has 0 bridgehead atoms. The number of hydrogen-bond acceptors (Lipinski definition) is 2. The summed E-state index contributed by atoms with van der Waals surface area (Å²) in [6.07, 6.45) is 0. The normalized spacial score (nSPS) is 8.58. The zero-order chi connectivity index (χ0) is 9.40. The number of para-hydroxylation sites is 1. The molecule has 0 spiro atoms. The van der Waals surface area contributed by atoms with Crippen LogP contribution in [0.15, 0.2) is 24.3 Å². The lowest BCUT2D eigenvalue weighted by Crippen LogP contribution is -2.04. The molecule has 0 saturated carbocycles. The lowest BCUT2D eigenvalue weighted by Gasteiger charge is -2.00. The first-order valence-electron chi connectivity index (χ1n) is 4.26. The van der Waals surface area contributed by atoms with Crippen molar-refractivity contribution < 1.29 is 5.11 Å². The Morgan fingerprint density at radius 3 is 2.33 bits per heavy atom. The van der Waals surface area contributed by atoms with Gasteiger partial charge in [-0.3, -0.25) is 0 Å². The van der Waals surface area contributed by atoms with Gasteiger partial charge in [-0.1, -0.05) is 32.0 Å². The summed E-state index contributed by atoms with van der Waals surface area (Å²) >= 11 is 0. The minimum Gasteiger partial charge on any atom is -0.508 e. The Bertz CT molecular complexity index is 211. The number of benzene rings is 1. The Morgan fingerprint density at radius 1 is 1.25 bits per heavy atom. The molecule has 0 saturated heterocycles. The molecule has 0 radical (unpaired) electrons. The summed E-state index contributed by atoms with van der Waals surface area (Å²) < 4.78 is 0. The number of phenolic OH excluding ortho intramolecular Hbond substituents is 1. The van der Waals surface area contributed by atoms with Crippen LogP contribution in [-0.2, 0) is 6.54 Å². The van der Waals surface area contributed by atoms with Crippen LogP contribution in [0, 0.1) is 0 Å². The van der Waals surface area contributed by atoms with Gasteiger partial charge in [0.2, 0.25) is 0 Å². The largest absolute Gasteiger partial charge is 0.508 e.